The normalized spacial score (nSPS) is 12.0. The van der Waals surface area contributed by atoms with Crippen LogP contribution < -0.4 is 5.73 Å². The fourth-order valence-electron chi connectivity index (χ4n) is 1.46. The topological polar surface area (TPSA) is 51.8 Å². The van der Waals surface area contributed by atoms with Gasteiger partial charge in [0.2, 0.25) is 0 Å². The highest BCUT2D eigenvalue weighted by atomic mass is 19.1. The Kier molecular flexibility index (Phi) is 2.30. The Morgan fingerprint density at radius 1 is 1.19 bits per heavy atom. The number of halogens is 1. The monoisotopic (exact) mass is 219 g/mol. The number of hydrogen-bond acceptors (Lipinski definition) is 3. The van der Waals surface area contributed by atoms with Crippen molar-refractivity contribution < 1.29 is 4.39 Å². The van der Waals surface area contributed by atoms with Crippen molar-refractivity contribution >= 4 is 16.7 Å². The van der Waals surface area contributed by atoms with E-state index in [0.717, 1.165) is 0 Å². The smallest absolute Gasteiger partial charge is 0.136 e. The second-order valence-electron chi connectivity index (χ2n) is 4.84. The summed E-state index contributed by atoms with van der Waals surface area (Å²) in [6, 6.07) is 4.34. The van der Waals surface area contributed by atoms with E-state index in [-0.39, 0.29) is 11.2 Å². The third-order valence-electron chi connectivity index (χ3n) is 2.36. The summed E-state index contributed by atoms with van der Waals surface area (Å²) < 4.78 is 13.1. The molecule has 16 heavy (non-hydrogen) atoms. The highest BCUT2D eigenvalue weighted by molar-refractivity contribution is 5.87. The molecule has 2 rings (SSSR count). The molecule has 0 saturated carbocycles. The van der Waals surface area contributed by atoms with E-state index in [1.165, 1.54) is 12.1 Å². The van der Waals surface area contributed by atoms with Crippen LogP contribution in [-0.2, 0) is 5.41 Å². The Hall–Kier alpha value is -1.71. The molecule has 1 aromatic carbocycles. The minimum Gasteiger partial charge on any atom is -0.383 e. The van der Waals surface area contributed by atoms with Gasteiger partial charge in [-0.15, -0.1) is 0 Å². The number of benzene rings is 1. The van der Waals surface area contributed by atoms with Crippen molar-refractivity contribution in [1.82, 2.24) is 9.97 Å². The third-order valence-corrected chi connectivity index (χ3v) is 2.36. The van der Waals surface area contributed by atoms with Gasteiger partial charge in [-0.05, 0) is 12.1 Å². The predicted octanol–water partition coefficient (Wildman–Crippen LogP) is 2.65. The van der Waals surface area contributed by atoms with Gasteiger partial charge in [-0.2, -0.15) is 0 Å². The highest BCUT2D eigenvalue weighted by Crippen LogP contribution is 2.24. The van der Waals surface area contributed by atoms with Gasteiger partial charge in [0.15, 0.2) is 0 Å². The highest BCUT2D eigenvalue weighted by Gasteiger charge is 2.19. The number of aromatic nitrogens is 2. The van der Waals surface area contributed by atoms with E-state index in [1.54, 1.807) is 6.07 Å². The van der Waals surface area contributed by atoms with Crippen LogP contribution in [0, 0.1) is 5.82 Å². The molecule has 0 bridgehead atoms. The quantitative estimate of drug-likeness (QED) is 0.741. The third kappa shape index (κ3) is 1.83. The number of nitrogens with two attached hydrogens (primary N) is 1. The summed E-state index contributed by atoms with van der Waals surface area (Å²) in [6.45, 7) is 5.98. The van der Waals surface area contributed by atoms with Crippen LogP contribution in [0.5, 0.6) is 0 Å². The first-order valence-electron chi connectivity index (χ1n) is 5.11. The molecule has 2 aromatic rings. The molecule has 0 fully saturated rings. The van der Waals surface area contributed by atoms with Gasteiger partial charge < -0.3 is 5.73 Å². The van der Waals surface area contributed by atoms with Crippen molar-refractivity contribution in [3.05, 3.63) is 29.8 Å². The van der Waals surface area contributed by atoms with E-state index in [1.807, 2.05) is 20.8 Å². The zero-order valence-corrected chi connectivity index (χ0v) is 9.58. The molecule has 1 heterocycles. The van der Waals surface area contributed by atoms with Gasteiger partial charge >= 0.3 is 0 Å². The van der Waals surface area contributed by atoms with Crippen LogP contribution in [0.25, 0.3) is 10.9 Å². The number of fused-ring (bicyclic) bond motifs is 1. The van der Waals surface area contributed by atoms with Gasteiger partial charge in [-0.3, -0.25) is 0 Å². The number of anilines is 1. The molecule has 0 aliphatic carbocycles. The van der Waals surface area contributed by atoms with E-state index in [2.05, 4.69) is 9.97 Å². The molecule has 0 spiro atoms. The summed E-state index contributed by atoms with van der Waals surface area (Å²) in [5.74, 6) is 0.712. The van der Waals surface area contributed by atoms with Crippen LogP contribution in [-0.4, -0.2) is 9.97 Å². The minimum atomic E-state index is -0.314. The van der Waals surface area contributed by atoms with E-state index in [4.69, 9.17) is 5.73 Å². The van der Waals surface area contributed by atoms with Crippen molar-refractivity contribution in [2.24, 2.45) is 0 Å². The van der Waals surface area contributed by atoms with Gasteiger partial charge in [-0.1, -0.05) is 20.8 Å². The Morgan fingerprint density at radius 2 is 1.88 bits per heavy atom. The molecule has 0 unspecified atom stereocenters. The SMILES string of the molecule is CC(C)(C)c1nc(N)c2ccc(F)cc2n1. The Bertz CT molecular complexity index is 544. The number of nitrogens with zero attached hydrogens (tertiary/aromatic N) is 2. The summed E-state index contributed by atoms with van der Waals surface area (Å²) in [7, 11) is 0. The maximum atomic E-state index is 13.1. The van der Waals surface area contributed by atoms with Crippen molar-refractivity contribution in [3.63, 3.8) is 0 Å². The maximum absolute atomic E-state index is 13.1. The van der Waals surface area contributed by atoms with Gasteiger partial charge in [0.1, 0.15) is 17.5 Å². The van der Waals surface area contributed by atoms with Crippen LogP contribution in [0.1, 0.15) is 26.6 Å². The van der Waals surface area contributed by atoms with Crippen LogP contribution in [0.4, 0.5) is 10.2 Å². The van der Waals surface area contributed by atoms with Crippen molar-refractivity contribution in [3.8, 4) is 0 Å². The van der Waals surface area contributed by atoms with Gasteiger partial charge in [-0.25, -0.2) is 14.4 Å². The molecule has 3 nitrogen and oxygen atoms in total. The molecular weight excluding hydrogens is 205 g/mol. The summed E-state index contributed by atoms with van der Waals surface area (Å²) in [5, 5.41) is 0.689. The van der Waals surface area contributed by atoms with E-state index in [9.17, 15) is 4.39 Å². The zero-order valence-electron chi connectivity index (χ0n) is 9.58. The largest absolute Gasteiger partial charge is 0.383 e. The van der Waals surface area contributed by atoms with E-state index < -0.39 is 0 Å². The van der Waals surface area contributed by atoms with Crippen LogP contribution in [0.15, 0.2) is 18.2 Å². The van der Waals surface area contributed by atoms with Gasteiger partial charge in [0.05, 0.1) is 5.52 Å². The summed E-state index contributed by atoms with van der Waals surface area (Å²) >= 11 is 0. The number of rotatable bonds is 0. The summed E-state index contributed by atoms with van der Waals surface area (Å²) in [5.41, 5.74) is 6.18. The van der Waals surface area contributed by atoms with Crippen molar-refractivity contribution in [2.75, 3.05) is 5.73 Å². The van der Waals surface area contributed by atoms with Gasteiger partial charge in [0, 0.05) is 16.9 Å². The van der Waals surface area contributed by atoms with Crippen molar-refractivity contribution in [1.29, 1.82) is 0 Å². The molecular formula is C12H14FN3. The molecule has 84 valence electrons. The standard InChI is InChI=1S/C12H14FN3/c1-12(2,3)11-15-9-6-7(13)4-5-8(9)10(14)16-11/h4-6H,1-3H3,(H2,14,15,16). The van der Waals surface area contributed by atoms with Gasteiger partial charge in [0.25, 0.3) is 0 Å². The lowest BCUT2D eigenvalue weighted by molar-refractivity contribution is 0.549. The molecule has 4 heteroatoms. The first-order valence-corrected chi connectivity index (χ1v) is 5.11. The lowest BCUT2D eigenvalue weighted by atomic mass is 9.95. The molecule has 0 atom stereocenters. The fourth-order valence-corrected chi connectivity index (χ4v) is 1.46. The van der Waals surface area contributed by atoms with Crippen LogP contribution in [0.2, 0.25) is 0 Å². The molecule has 2 N–H and O–H groups in total. The first kappa shape index (κ1) is 10.8. The Labute approximate surface area is 93.5 Å². The summed E-state index contributed by atoms with van der Waals surface area (Å²) in [6.07, 6.45) is 0. The fraction of sp³-hybridized carbons (Fsp3) is 0.333. The zero-order chi connectivity index (χ0) is 11.9. The summed E-state index contributed by atoms with van der Waals surface area (Å²) in [4.78, 5) is 8.58. The number of hydrogen-bond donors (Lipinski definition) is 1. The minimum absolute atomic E-state index is 0.200. The molecule has 0 amide bonds. The van der Waals surface area contributed by atoms with E-state index >= 15 is 0 Å². The second kappa shape index (κ2) is 3.40. The first-order chi connectivity index (χ1) is 7.38. The molecule has 0 radical (unpaired) electrons. The lowest BCUT2D eigenvalue weighted by Gasteiger charge is -2.17. The molecule has 0 saturated heterocycles. The predicted molar refractivity (Wildman–Crippen MR) is 62.6 cm³/mol. The average Bonchev–Trinajstić information content (AvgIpc) is 2.15. The number of nitrogen functional groups attached to an aromatic ring is 1. The molecule has 1 aromatic heterocycles. The van der Waals surface area contributed by atoms with Crippen LogP contribution in [0.3, 0.4) is 0 Å². The molecule has 0 aliphatic rings. The van der Waals surface area contributed by atoms with Crippen molar-refractivity contribution in [2.45, 2.75) is 26.2 Å². The second-order valence-corrected chi connectivity index (χ2v) is 4.84. The average molecular weight is 219 g/mol. The maximum Gasteiger partial charge on any atom is 0.136 e. The Morgan fingerprint density at radius 3 is 2.50 bits per heavy atom. The van der Waals surface area contributed by atoms with Crippen LogP contribution >= 0.6 is 0 Å². The molecule has 0 aliphatic heterocycles. The lowest BCUT2D eigenvalue weighted by Crippen LogP contribution is -2.17. The Balaban J connectivity index is 2.75. The van der Waals surface area contributed by atoms with E-state index in [0.29, 0.717) is 22.5 Å².